The van der Waals surface area contributed by atoms with Crippen LogP contribution in [0.1, 0.15) is 69.9 Å². The van der Waals surface area contributed by atoms with Crippen molar-refractivity contribution in [3.8, 4) is 5.75 Å². The smallest absolute Gasteiger partial charge is 0.115 e. The summed E-state index contributed by atoms with van der Waals surface area (Å²) in [5, 5.41) is 9.63. The normalized spacial score (nSPS) is 37.5. The Hall–Kier alpha value is -0.980. The van der Waals surface area contributed by atoms with Gasteiger partial charge in [0.05, 0.1) is 0 Å². The van der Waals surface area contributed by atoms with Crippen LogP contribution in [0.5, 0.6) is 5.75 Å². The average molecular weight is 272 g/mol. The summed E-state index contributed by atoms with van der Waals surface area (Å²) in [5.74, 6) is 3.14. The molecule has 20 heavy (non-hydrogen) atoms. The maximum Gasteiger partial charge on any atom is 0.115 e. The van der Waals surface area contributed by atoms with Crippen molar-refractivity contribution in [1.82, 2.24) is 0 Å². The van der Waals surface area contributed by atoms with Crippen molar-refractivity contribution < 1.29 is 5.11 Å². The van der Waals surface area contributed by atoms with Gasteiger partial charge in [0.2, 0.25) is 0 Å². The van der Waals surface area contributed by atoms with E-state index in [1.165, 1.54) is 44.1 Å². The first-order valence-corrected chi connectivity index (χ1v) is 8.49. The molecular formula is C19H28O. The van der Waals surface area contributed by atoms with Gasteiger partial charge in [-0.1, -0.05) is 26.8 Å². The van der Waals surface area contributed by atoms with Crippen molar-refractivity contribution in [1.29, 1.82) is 0 Å². The molecule has 3 aliphatic carbocycles. The molecule has 1 N–H and O–H groups in total. The van der Waals surface area contributed by atoms with Gasteiger partial charge in [-0.2, -0.15) is 0 Å². The summed E-state index contributed by atoms with van der Waals surface area (Å²) in [4.78, 5) is 0. The van der Waals surface area contributed by atoms with E-state index in [1.807, 2.05) is 26.0 Å². The number of fused-ring (bicyclic) bond motifs is 5. The lowest BCUT2D eigenvalue weighted by Crippen LogP contribution is -2.48. The minimum absolute atomic E-state index is 0.441. The Morgan fingerprint density at radius 1 is 1.10 bits per heavy atom. The monoisotopic (exact) mass is 272 g/mol. The summed E-state index contributed by atoms with van der Waals surface area (Å²) >= 11 is 0. The van der Waals surface area contributed by atoms with Crippen molar-refractivity contribution in [2.24, 2.45) is 17.3 Å². The van der Waals surface area contributed by atoms with Gasteiger partial charge in [0, 0.05) is 0 Å². The summed E-state index contributed by atoms with van der Waals surface area (Å²) in [6.07, 6.45) is 8.24. The molecule has 1 nitrogen and oxygen atoms in total. The van der Waals surface area contributed by atoms with Crippen LogP contribution in [0.4, 0.5) is 0 Å². The summed E-state index contributed by atoms with van der Waals surface area (Å²) in [6.45, 7) is 6.52. The Balaban J connectivity index is 0.000000581. The van der Waals surface area contributed by atoms with Crippen molar-refractivity contribution in [3.05, 3.63) is 29.3 Å². The fourth-order valence-electron chi connectivity index (χ4n) is 5.11. The van der Waals surface area contributed by atoms with Gasteiger partial charge in [0.15, 0.2) is 0 Å². The third-order valence-electron chi connectivity index (χ3n) is 6.25. The van der Waals surface area contributed by atoms with Crippen LogP contribution in [0.3, 0.4) is 0 Å². The highest BCUT2D eigenvalue weighted by Gasteiger charge is 2.52. The summed E-state index contributed by atoms with van der Waals surface area (Å²) in [6, 6.07) is 6.08. The number of benzene rings is 1. The zero-order chi connectivity index (χ0) is 14.3. The van der Waals surface area contributed by atoms with Crippen LogP contribution in [0.15, 0.2) is 18.2 Å². The number of aromatic hydroxyl groups is 1. The van der Waals surface area contributed by atoms with Gasteiger partial charge in [-0.15, -0.1) is 0 Å². The van der Waals surface area contributed by atoms with E-state index in [0.717, 1.165) is 17.8 Å². The Labute approximate surface area is 123 Å². The molecule has 1 aromatic carbocycles. The molecule has 0 aliphatic heterocycles. The molecule has 2 saturated carbocycles. The molecule has 3 aliphatic rings. The molecule has 110 valence electrons. The number of phenolic OH excluding ortho intramolecular Hbond substituents is 1. The molecule has 1 aromatic rings. The Morgan fingerprint density at radius 2 is 1.85 bits per heavy atom. The van der Waals surface area contributed by atoms with E-state index in [2.05, 4.69) is 13.0 Å². The molecule has 0 bridgehead atoms. The topological polar surface area (TPSA) is 20.2 Å². The molecule has 0 amide bonds. The third-order valence-corrected chi connectivity index (χ3v) is 6.25. The molecule has 4 atom stereocenters. The number of hydrogen-bond donors (Lipinski definition) is 1. The first-order chi connectivity index (χ1) is 9.67. The van der Waals surface area contributed by atoms with Crippen LogP contribution in [0, 0.1) is 17.3 Å². The van der Waals surface area contributed by atoms with Crippen molar-refractivity contribution in [2.45, 2.75) is 65.2 Å². The maximum atomic E-state index is 9.63. The highest BCUT2D eigenvalue weighted by Crippen LogP contribution is 2.63. The number of rotatable bonds is 0. The van der Waals surface area contributed by atoms with Gasteiger partial charge >= 0.3 is 0 Å². The SMILES string of the molecule is CC.CC12CCC3c4ccc(O)cc4CCC3C1CC2. The molecule has 0 aromatic heterocycles. The van der Waals surface area contributed by atoms with Crippen LogP contribution < -0.4 is 0 Å². The Morgan fingerprint density at radius 3 is 2.55 bits per heavy atom. The molecule has 0 heterocycles. The second-order valence-corrected chi connectivity index (χ2v) is 7.03. The number of hydrogen-bond acceptors (Lipinski definition) is 1. The average Bonchev–Trinajstić information content (AvgIpc) is 2.45. The van der Waals surface area contributed by atoms with Gasteiger partial charge in [-0.25, -0.2) is 0 Å². The lowest BCUT2D eigenvalue weighted by atomic mass is 9.46. The van der Waals surface area contributed by atoms with Gasteiger partial charge in [0.1, 0.15) is 5.75 Å². The summed E-state index contributed by atoms with van der Waals surface area (Å²) < 4.78 is 0. The molecule has 0 saturated heterocycles. The number of aryl methyl sites for hydroxylation is 1. The summed E-state index contributed by atoms with van der Waals surface area (Å²) in [5.41, 5.74) is 3.65. The second kappa shape index (κ2) is 5.09. The van der Waals surface area contributed by atoms with E-state index in [-0.39, 0.29) is 0 Å². The molecule has 0 spiro atoms. The number of phenols is 1. The van der Waals surface area contributed by atoms with Crippen LogP contribution in [0.2, 0.25) is 0 Å². The minimum Gasteiger partial charge on any atom is -0.508 e. The first kappa shape index (κ1) is 14.0. The lowest BCUT2D eigenvalue weighted by molar-refractivity contribution is -0.0565. The highest BCUT2D eigenvalue weighted by atomic mass is 16.3. The quantitative estimate of drug-likeness (QED) is 0.681. The minimum atomic E-state index is 0.441. The van der Waals surface area contributed by atoms with E-state index < -0.39 is 0 Å². The first-order valence-electron chi connectivity index (χ1n) is 8.49. The predicted octanol–water partition coefficient (Wildman–Crippen LogP) is 5.27. The van der Waals surface area contributed by atoms with Crippen molar-refractivity contribution >= 4 is 0 Å². The zero-order valence-electron chi connectivity index (χ0n) is 13.2. The Kier molecular flexibility index (Phi) is 3.56. The van der Waals surface area contributed by atoms with Gasteiger partial charge in [0.25, 0.3) is 0 Å². The van der Waals surface area contributed by atoms with Gasteiger partial charge < -0.3 is 5.11 Å². The highest BCUT2D eigenvalue weighted by molar-refractivity contribution is 5.40. The van der Waals surface area contributed by atoms with Crippen molar-refractivity contribution in [3.63, 3.8) is 0 Å². The van der Waals surface area contributed by atoms with Crippen molar-refractivity contribution in [2.75, 3.05) is 0 Å². The van der Waals surface area contributed by atoms with E-state index in [0.29, 0.717) is 11.2 Å². The fourth-order valence-corrected chi connectivity index (χ4v) is 5.11. The molecule has 4 rings (SSSR count). The maximum absolute atomic E-state index is 9.63. The molecule has 2 fully saturated rings. The third kappa shape index (κ3) is 1.98. The predicted molar refractivity (Wildman–Crippen MR) is 84.1 cm³/mol. The molecular weight excluding hydrogens is 244 g/mol. The Bertz CT molecular complexity index is 493. The summed E-state index contributed by atoms with van der Waals surface area (Å²) in [7, 11) is 0. The van der Waals surface area contributed by atoms with Crippen LogP contribution in [-0.4, -0.2) is 5.11 Å². The molecule has 4 unspecified atom stereocenters. The van der Waals surface area contributed by atoms with E-state index in [4.69, 9.17) is 0 Å². The van der Waals surface area contributed by atoms with Crippen LogP contribution in [0.25, 0.3) is 0 Å². The lowest BCUT2D eigenvalue weighted by Gasteiger charge is -2.58. The van der Waals surface area contributed by atoms with E-state index >= 15 is 0 Å². The zero-order valence-corrected chi connectivity index (χ0v) is 13.2. The second-order valence-electron chi connectivity index (χ2n) is 7.03. The van der Waals surface area contributed by atoms with Gasteiger partial charge in [-0.05, 0) is 85.0 Å². The van der Waals surface area contributed by atoms with Crippen LogP contribution in [-0.2, 0) is 6.42 Å². The van der Waals surface area contributed by atoms with Crippen LogP contribution >= 0.6 is 0 Å². The molecule has 0 radical (unpaired) electrons. The molecule has 1 heteroatoms. The largest absolute Gasteiger partial charge is 0.508 e. The fraction of sp³-hybridized carbons (Fsp3) is 0.684. The standard InChI is InChI=1S/C17H22O.C2H6/c1-17-8-6-14-13-5-3-12(18)10-11(13)2-4-15(14)16(17)7-9-17;1-2/h3,5,10,14-16,18H,2,4,6-9H2,1H3;1-2H3. The van der Waals surface area contributed by atoms with Gasteiger partial charge in [-0.3, -0.25) is 0 Å². The van der Waals surface area contributed by atoms with E-state index in [9.17, 15) is 5.11 Å². The van der Waals surface area contributed by atoms with E-state index in [1.54, 1.807) is 5.56 Å².